The number of hydrogen-bond acceptors (Lipinski definition) is 4. The fourth-order valence-electron chi connectivity index (χ4n) is 3.11. The van der Waals surface area contributed by atoms with E-state index in [-0.39, 0.29) is 5.69 Å². The molecule has 5 heteroatoms. The first-order chi connectivity index (χ1) is 9.24. The Morgan fingerprint density at radius 2 is 2.11 bits per heavy atom. The minimum atomic E-state index is -0.961. The third-order valence-corrected chi connectivity index (χ3v) is 4.15. The standard InChI is InChI=1S/C14H19N3O2/c18-14(19)13-9-11(3-5-15-13)17-8-4-12(10-17)16-6-1-2-7-16/h3,5,9,12H,1-2,4,6-8,10H2,(H,18,19). The van der Waals surface area contributed by atoms with Crippen LogP contribution in [0.25, 0.3) is 0 Å². The van der Waals surface area contributed by atoms with Crippen LogP contribution in [0, 0.1) is 0 Å². The normalized spacial score (nSPS) is 24.0. The molecule has 0 saturated carbocycles. The summed E-state index contributed by atoms with van der Waals surface area (Å²) in [6, 6.07) is 4.21. The van der Waals surface area contributed by atoms with E-state index in [0.29, 0.717) is 6.04 Å². The van der Waals surface area contributed by atoms with Gasteiger partial charge < -0.3 is 10.0 Å². The highest BCUT2D eigenvalue weighted by Gasteiger charge is 2.29. The molecule has 1 aromatic heterocycles. The van der Waals surface area contributed by atoms with E-state index in [9.17, 15) is 4.79 Å². The number of pyridine rings is 1. The van der Waals surface area contributed by atoms with Gasteiger partial charge in [0.1, 0.15) is 5.69 Å². The maximum Gasteiger partial charge on any atom is 0.354 e. The van der Waals surface area contributed by atoms with E-state index in [4.69, 9.17) is 5.11 Å². The summed E-state index contributed by atoms with van der Waals surface area (Å²) in [7, 11) is 0. The van der Waals surface area contributed by atoms with Crippen LogP contribution in [0.1, 0.15) is 29.8 Å². The molecule has 1 atom stereocenters. The molecule has 3 rings (SSSR count). The maximum atomic E-state index is 11.0. The Hall–Kier alpha value is -1.62. The lowest BCUT2D eigenvalue weighted by molar-refractivity contribution is 0.0690. The summed E-state index contributed by atoms with van der Waals surface area (Å²) < 4.78 is 0. The lowest BCUT2D eigenvalue weighted by Gasteiger charge is -2.24. The van der Waals surface area contributed by atoms with Crippen molar-refractivity contribution in [2.45, 2.75) is 25.3 Å². The minimum Gasteiger partial charge on any atom is -0.477 e. The van der Waals surface area contributed by atoms with Crippen LogP contribution in [0.3, 0.4) is 0 Å². The average molecular weight is 261 g/mol. The Bertz CT molecular complexity index is 472. The Morgan fingerprint density at radius 1 is 1.32 bits per heavy atom. The quantitative estimate of drug-likeness (QED) is 0.892. The van der Waals surface area contributed by atoms with Crippen molar-refractivity contribution in [1.82, 2.24) is 9.88 Å². The Kier molecular flexibility index (Phi) is 3.38. The van der Waals surface area contributed by atoms with Gasteiger partial charge in [-0.25, -0.2) is 9.78 Å². The molecule has 2 aliphatic heterocycles. The van der Waals surface area contributed by atoms with E-state index >= 15 is 0 Å². The number of carboxylic acid groups (broad SMARTS) is 1. The van der Waals surface area contributed by atoms with Crippen LogP contribution in [-0.4, -0.2) is 53.2 Å². The minimum absolute atomic E-state index is 0.127. The van der Waals surface area contributed by atoms with Gasteiger partial charge in [0.15, 0.2) is 0 Å². The Balaban J connectivity index is 1.70. The predicted molar refractivity (Wildman–Crippen MR) is 72.6 cm³/mol. The van der Waals surface area contributed by atoms with Crippen molar-refractivity contribution in [2.24, 2.45) is 0 Å². The molecule has 0 bridgehead atoms. The molecule has 3 heterocycles. The third kappa shape index (κ3) is 2.56. The molecule has 5 nitrogen and oxygen atoms in total. The van der Waals surface area contributed by atoms with Crippen molar-refractivity contribution in [3.8, 4) is 0 Å². The van der Waals surface area contributed by atoms with Crippen molar-refractivity contribution in [3.05, 3.63) is 24.0 Å². The second-order valence-corrected chi connectivity index (χ2v) is 5.34. The molecule has 0 aliphatic carbocycles. The van der Waals surface area contributed by atoms with Crippen LogP contribution in [0.4, 0.5) is 5.69 Å². The fourth-order valence-corrected chi connectivity index (χ4v) is 3.11. The monoisotopic (exact) mass is 261 g/mol. The molecule has 0 spiro atoms. The highest BCUT2D eigenvalue weighted by Crippen LogP contribution is 2.25. The van der Waals surface area contributed by atoms with Gasteiger partial charge in [0.25, 0.3) is 0 Å². The molecule has 0 amide bonds. The molecule has 2 fully saturated rings. The van der Waals surface area contributed by atoms with Gasteiger partial charge in [-0.1, -0.05) is 0 Å². The van der Waals surface area contributed by atoms with Crippen molar-refractivity contribution in [3.63, 3.8) is 0 Å². The highest BCUT2D eigenvalue weighted by atomic mass is 16.4. The van der Waals surface area contributed by atoms with Gasteiger partial charge in [0.05, 0.1) is 0 Å². The smallest absolute Gasteiger partial charge is 0.354 e. The fraction of sp³-hybridized carbons (Fsp3) is 0.571. The molecular weight excluding hydrogens is 242 g/mol. The van der Waals surface area contributed by atoms with Gasteiger partial charge in [0, 0.05) is 31.0 Å². The number of rotatable bonds is 3. The Labute approximate surface area is 112 Å². The second kappa shape index (κ2) is 5.17. The van der Waals surface area contributed by atoms with E-state index in [1.807, 2.05) is 6.07 Å². The largest absolute Gasteiger partial charge is 0.477 e. The van der Waals surface area contributed by atoms with E-state index in [1.165, 1.54) is 32.4 Å². The molecular formula is C14H19N3O2. The molecule has 1 unspecified atom stereocenters. The zero-order chi connectivity index (χ0) is 13.2. The van der Waals surface area contributed by atoms with Crippen LogP contribution in [0.2, 0.25) is 0 Å². The number of carboxylic acids is 1. The van der Waals surface area contributed by atoms with Gasteiger partial charge in [0.2, 0.25) is 0 Å². The number of nitrogens with zero attached hydrogens (tertiary/aromatic N) is 3. The number of carbonyl (C=O) groups is 1. The summed E-state index contributed by atoms with van der Waals surface area (Å²) in [4.78, 5) is 19.7. The lowest BCUT2D eigenvalue weighted by Crippen LogP contribution is -2.35. The number of aromatic carboxylic acids is 1. The topological polar surface area (TPSA) is 56.7 Å². The van der Waals surface area contributed by atoms with Crippen LogP contribution >= 0.6 is 0 Å². The van der Waals surface area contributed by atoms with Gasteiger partial charge in [-0.2, -0.15) is 0 Å². The summed E-state index contributed by atoms with van der Waals surface area (Å²) in [5.41, 5.74) is 1.11. The van der Waals surface area contributed by atoms with E-state index in [2.05, 4.69) is 14.8 Å². The highest BCUT2D eigenvalue weighted by molar-refractivity contribution is 5.86. The Morgan fingerprint density at radius 3 is 2.84 bits per heavy atom. The molecule has 19 heavy (non-hydrogen) atoms. The molecule has 1 aromatic rings. The zero-order valence-electron chi connectivity index (χ0n) is 11.0. The van der Waals surface area contributed by atoms with Crippen molar-refractivity contribution in [1.29, 1.82) is 0 Å². The van der Waals surface area contributed by atoms with Gasteiger partial charge in [-0.05, 0) is 44.5 Å². The van der Waals surface area contributed by atoms with Gasteiger partial charge in [-0.3, -0.25) is 4.90 Å². The summed E-state index contributed by atoms with van der Waals surface area (Å²) in [6.07, 6.45) is 5.39. The summed E-state index contributed by atoms with van der Waals surface area (Å²) in [5.74, 6) is -0.961. The summed E-state index contributed by atoms with van der Waals surface area (Å²) in [5, 5.41) is 8.99. The van der Waals surface area contributed by atoms with Gasteiger partial charge >= 0.3 is 5.97 Å². The van der Waals surface area contributed by atoms with Crippen molar-refractivity contribution < 1.29 is 9.90 Å². The molecule has 102 valence electrons. The maximum absolute atomic E-state index is 11.0. The summed E-state index contributed by atoms with van der Waals surface area (Å²) >= 11 is 0. The van der Waals surface area contributed by atoms with E-state index in [0.717, 1.165) is 18.8 Å². The van der Waals surface area contributed by atoms with E-state index < -0.39 is 5.97 Å². The number of anilines is 1. The number of likely N-dealkylation sites (tertiary alicyclic amines) is 1. The first kappa shape index (κ1) is 12.4. The van der Waals surface area contributed by atoms with Gasteiger partial charge in [-0.15, -0.1) is 0 Å². The molecule has 1 N–H and O–H groups in total. The van der Waals surface area contributed by atoms with Crippen LogP contribution in [0.5, 0.6) is 0 Å². The number of aromatic nitrogens is 1. The predicted octanol–water partition coefficient (Wildman–Crippen LogP) is 1.45. The molecule has 2 aliphatic rings. The van der Waals surface area contributed by atoms with Crippen molar-refractivity contribution in [2.75, 3.05) is 31.1 Å². The molecule has 0 aromatic carbocycles. The van der Waals surface area contributed by atoms with Crippen molar-refractivity contribution >= 4 is 11.7 Å². The SMILES string of the molecule is O=C(O)c1cc(N2CCC(N3CCCC3)C2)ccn1. The third-order valence-electron chi connectivity index (χ3n) is 4.15. The molecule has 2 saturated heterocycles. The summed E-state index contributed by atoms with van der Waals surface area (Å²) in [6.45, 7) is 4.44. The first-order valence-corrected chi connectivity index (χ1v) is 6.92. The van der Waals surface area contributed by atoms with Crippen LogP contribution in [-0.2, 0) is 0 Å². The first-order valence-electron chi connectivity index (χ1n) is 6.92. The van der Waals surface area contributed by atoms with Crippen LogP contribution < -0.4 is 4.90 Å². The average Bonchev–Trinajstić information content (AvgIpc) is 3.09. The second-order valence-electron chi connectivity index (χ2n) is 5.34. The van der Waals surface area contributed by atoms with Crippen LogP contribution in [0.15, 0.2) is 18.3 Å². The number of hydrogen-bond donors (Lipinski definition) is 1. The zero-order valence-corrected chi connectivity index (χ0v) is 11.0. The lowest BCUT2D eigenvalue weighted by atomic mass is 10.2. The molecule has 0 radical (unpaired) electrons. The van der Waals surface area contributed by atoms with E-state index in [1.54, 1.807) is 12.3 Å².